The van der Waals surface area contributed by atoms with E-state index in [-0.39, 0.29) is 17.1 Å². The second kappa shape index (κ2) is 4.72. The Kier molecular flexibility index (Phi) is 3.91. The number of carbonyl (C=O) groups excluding carboxylic acids is 1. The van der Waals surface area contributed by atoms with Gasteiger partial charge in [0, 0.05) is 31.1 Å². The molecule has 0 aliphatic heterocycles. The zero-order chi connectivity index (χ0) is 13.3. The van der Waals surface area contributed by atoms with Crippen molar-refractivity contribution in [2.75, 3.05) is 0 Å². The van der Waals surface area contributed by atoms with Crippen molar-refractivity contribution in [2.45, 2.75) is 64.0 Å². The Hall–Kier alpha value is -0.970. The molecule has 0 bridgehead atoms. The Morgan fingerprint density at radius 2 is 2.06 bits per heavy atom. The molecular formula is C12H21NO4. The topological polar surface area (TPSA) is 80.4 Å². The van der Waals surface area contributed by atoms with Crippen molar-refractivity contribution in [1.82, 2.24) is 0 Å². The van der Waals surface area contributed by atoms with Gasteiger partial charge in [-0.25, -0.2) is 0 Å². The lowest BCUT2D eigenvalue weighted by Crippen LogP contribution is -2.53. The molecule has 1 saturated carbocycles. The highest BCUT2D eigenvalue weighted by Crippen LogP contribution is 2.43. The summed E-state index contributed by atoms with van der Waals surface area (Å²) in [5, 5.41) is 21.5. The maximum atomic E-state index is 11.9. The SMILES string of the molecule is CCC(=O)[C@@H]1C[C@@](C)([N+](=O)[O-])CC[C@]1(O)CC. The standard InChI is InChI=1S/C12H21NO4/c1-4-10(14)9-8-11(3,13(16)17)6-7-12(9,15)5-2/h9,15H,4-8H2,1-3H3/t9-,11-,12+/m0/s1. The van der Waals surface area contributed by atoms with E-state index >= 15 is 0 Å². The molecule has 3 atom stereocenters. The highest BCUT2D eigenvalue weighted by Gasteiger charge is 2.53. The zero-order valence-electron chi connectivity index (χ0n) is 10.7. The maximum absolute atomic E-state index is 11.9. The highest BCUT2D eigenvalue weighted by molar-refractivity contribution is 5.82. The number of Topliss-reactive ketones (excluding diaryl/α,β-unsaturated/α-hetero) is 1. The monoisotopic (exact) mass is 243 g/mol. The summed E-state index contributed by atoms with van der Waals surface area (Å²) >= 11 is 0. The van der Waals surface area contributed by atoms with Crippen LogP contribution in [-0.2, 0) is 4.79 Å². The minimum Gasteiger partial charge on any atom is -0.389 e. The Labute approximate surface area is 101 Å². The van der Waals surface area contributed by atoms with E-state index in [9.17, 15) is 20.0 Å². The summed E-state index contributed by atoms with van der Waals surface area (Å²) in [4.78, 5) is 22.6. The third kappa shape index (κ3) is 2.49. The molecule has 1 aliphatic rings. The number of aliphatic hydroxyl groups is 1. The highest BCUT2D eigenvalue weighted by atomic mass is 16.6. The molecule has 17 heavy (non-hydrogen) atoms. The van der Waals surface area contributed by atoms with E-state index < -0.39 is 17.1 Å². The van der Waals surface area contributed by atoms with Gasteiger partial charge in [-0.3, -0.25) is 14.9 Å². The van der Waals surface area contributed by atoms with E-state index in [1.165, 1.54) is 0 Å². The Morgan fingerprint density at radius 3 is 2.47 bits per heavy atom. The first kappa shape index (κ1) is 14.1. The summed E-state index contributed by atoms with van der Waals surface area (Å²) in [5.41, 5.74) is -2.13. The van der Waals surface area contributed by atoms with Gasteiger partial charge < -0.3 is 5.11 Å². The fraction of sp³-hybridized carbons (Fsp3) is 0.917. The van der Waals surface area contributed by atoms with Gasteiger partial charge in [0.1, 0.15) is 5.78 Å². The Balaban J connectivity index is 3.00. The predicted molar refractivity (Wildman–Crippen MR) is 63.3 cm³/mol. The van der Waals surface area contributed by atoms with Gasteiger partial charge in [-0.05, 0) is 12.8 Å². The number of hydrogen-bond acceptors (Lipinski definition) is 4. The van der Waals surface area contributed by atoms with Gasteiger partial charge in [0.15, 0.2) is 0 Å². The summed E-state index contributed by atoms with van der Waals surface area (Å²) in [6.07, 6.45) is 1.60. The molecule has 5 heteroatoms. The quantitative estimate of drug-likeness (QED) is 0.604. The molecule has 5 nitrogen and oxygen atoms in total. The van der Waals surface area contributed by atoms with Crippen LogP contribution in [0.3, 0.4) is 0 Å². The molecule has 1 rings (SSSR count). The third-order valence-electron chi connectivity index (χ3n) is 4.18. The molecular weight excluding hydrogens is 222 g/mol. The first-order valence-electron chi connectivity index (χ1n) is 6.18. The maximum Gasteiger partial charge on any atom is 0.220 e. The summed E-state index contributed by atoms with van der Waals surface area (Å²) in [6.45, 7) is 5.12. The van der Waals surface area contributed by atoms with Crippen LogP contribution in [0.15, 0.2) is 0 Å². The molecule has 1 fully saturated rings. The van der Waals surface area contributed by atoms with Crippen LogP contribution < -0.4 is 0 Å². The van der Waals surface area contributed by atoms with E-state index in [4.69, 9.17) is 0 Å². The lowest BCUT2D eigenvalue weighted by atomic mass is 9.65. The van der Waals surface area contributed by atoms with Gasteiger partial charge in [0.05, 0.1) is 11.5 Å². The number of nitro groups is 1. The molecule has 0 heterocycles. The molecule has 1 aliphatic carbocycles. The molecule has 0 saturated heterocycles. The average Bonchev–Trinajstić information content (AvgIpc) is 2.31. The van der Waals surface area contributed by atoms with Crippen LogP contribution in [0.4, 0.5) is 0 Å². The van der Waals surface area contributed by atoms with Crippen LogP contribution in [0.2, 0.25) is 0 Å². The number of nitrogens with zero attached hydrogens (tertiary/aromatic N) is 1. The summed E-state index contributed by atoms with van der Waals surface area (Å²) in [5.74, 6) is -0.663. The minimum absolute atomic E-state index is 0.0675. The summed E-state index contributed by atoms with van der Waals surface area (Å²) in [6, 6.07) is 0. The van der Waals surface area contributed by atoms with Crippen molar-refractivity contribution in [1.29, 1.82) is 0 Å². The normalized spacial score (nSPS) is 37.8. The average molecular weight is 243 g/mol. The molecule has 1 N–H and O–H groups in total. The second-order valence-corrected chi connectivity index (χ2v) is 5.29. The molecule has 0 radical (unpaired) electrons. The van der Waals surface area contributed by atoms with Gasteiger partial charge in [-0.2, -0.15) is 0 Å². The van der Waals surface area contributed by atoms with Gasteiger partial charge in [-0.15, -0.1) is 0 Å². The Morgan fingerprint density at radius 1 is 1.47 bits per heavy atom. The van der Waals surface area contributed by atoms with E-state index in [2.05, 4.69) is 0 Å². The van der Waals surface area contributed by atoms with Gasteiger partial charge in [-0.1, -0.05) is 13.8 Å². The fourth-order valence-corrected chi connectivity index (χ4v) is 2.64. The zero-order valence-corrected chi connectivity index (χ0v) is 10.7. The van der Waals surface area contributed by atoms with Crippen LogP contribution in [-0.4, -0.2) is 27.0 Å². The van der Waals surface area contributed by atoms with Crippen LogP contribution in [0.25, 0.3) is 0 Å². The molecule has 0 amide bonds. The minimum atomic E-state index is -1.07. The van der Waals surface area contributed by atoms with Crippen molar-refractivity contribution >= 4 is 5.78 Å². The number of carbonyl (C=O) groups is 1. The predicted octanol–water partition coefficient (Wildman–Crippen LogP) is 1.94. The fourth-order valence-electron chi connectivity index (χ4n) is 2.64. The van der Waals surface area contributed by atoms with Crippen molar-refractivity contribution < 1.29 is 14.8 Å². The van der Waals surface area contributed by atoms with Crippen LogP contribution in [0, 0.1) is 16.0 Å². The van der Waals surface area contributed by atoms with Crippen molar-refractivity contribution in [2.24, 2.45) is 5.92 Å². The Bertz CT molecular complexity index is 330. The van der Waals surface area contributed by atoms with Crippen LogP contribution >= 0.6 is 0 Å². The van der Waals surface area contributed by atoms with Gasteiger partial charge in [0.2, 0.25) is 5.54 Å². The van der Waals surface area contributed by atoms with Crippen molar-refractivity contribution in [3.63, 3.8) is 0 Å². The second-order valence-electron chi connectivity index (χ2n) is 5.29. The molecule has 0 aromatic carbocycles. The number of rotatable bonds is 4. The number of ketones is 1. The number of hydrogen-bond donors (Lipinski definition) is 1. The smallest absolute Gasteiger partial charge is 0.220 e. The largest absolute Gasteiger partial charge is 0.389 e. The van der Waals surface area contributed by atoms with Crippen molar-refractivity contribution in [3.05, 3.63) is 10.1 Å². The summed E-state index contributed by atoms with van der Waals surface area (Å²) < 4.78 is 0. The first-order chi connectivity index (χ1) is 7.79. The first-order valence-corrected chi connectivity index (χ1v) is 6.18. The van der Waals surface area contributed by atoms with Crippen LogP contribution in [0.1, 0.15) is 52.9 Å². The molecule has 0 unspecified atom stereocenters. The van der Waals surface area contributed by atoms with Gasteiger partial charge in [0.25, 0.3) is 0 Å². The summed E-state index contributed by atoms with van der Waals surface area (Å²) in [7, 11) is 0. The van der Waals surface area contributed by atoms with Crippen molar-refractivity contribution in [3.8, 4) is 0 Å². The lowest BCUT2D eigenvalue weighted by molar-refractivity contribution is -0.573. The van der Waals surface area contributed by atoms with E-state index in [0.29, 0.717) is 25.7 Å². The van der Waals surface area contributed by atoms with E-state index in [1.807, 2.05) is 6.92 Å². The molecule has 98 valence electrons. The van der Waals surface area contributed by atoms with E-state index in [0.717, 1.165) is 0 Å². The lowest BCUT2D eigenvalue weighted by Gasteiger charge is -2.42. The van der Waals surface area contributed by atoms with Gasteiger partial charge >= 0.3 is 0 Å². The van der Waals surface area contributed by atoms with Crippen LogP contribution in [0.5, 0.6) is 0 Å². The molecule has 0 spiro atoms. The molecule has 0 aromatic heterocycles. The van der Waals surface area contributed by atoms with E-state index in [1.54, 1.807) is 13.8 Å². The molecule has 0 aromatic rings. The third-order valence-corrected chi connectivity index (χ3v) is 4.18.